The number of thioether (sulfide) groups is 1. The SMILES string of the molecule is COC(=O)C(C)CSc1ncc(Br)c(OC)n1. The minimum Gasteiger partial charge on any atom is -0.480 e. The molecule has 17 heavy (non-hydrogen) atoms. The highest BCUT2D eigenvalue weighted by atomic mass is 79.9. The molecule has 0 amide bonds. The van der Waals surface area contributed by atoms with Crippen LogP contribution in [0.3, 0.4) is 0 Å². The number of esters is 1. The molecule has 1 aromatic heterocycles. The lowest BCUT2D eigenvalue weighted by Gasteiger charge is -2.08. The van der Waals surface area contributed by atoms with Crippen molar-refractivity contribution in [1.82, 2.24) is 9.97 Å². The zero-order valence-corrected chi connectivity index (χ0v) is 12.2. The van der Waals surface area contributed by atoms with Crippen LogP contribution in [0.1, 0.15) is 6.92 Å². The van der Waals surface area contributed by atoms with E-state index >= 15 is 0 Å². The largest absolute Gasteiger partial charge is 0.480 e. The van der Waals surface area contributed by atoms with Crippen molar-refractivity contribution >= 4 is 33.7 Å². The van der Waals surface area contributed by atoms with E-state index in [1.807, 2.05) is 0 Å². The highest BCUT2D eigenvalue weighted by Gasteiger charge is 2.14. The Balaban J connectivity index is 2.60. The number of ether oxygens (including phenoxy) is 2. The van der Waals surface area contributed by atoms with Gasteiger partial charge in [-0.2, -0.15) is 4.98 Å². The third-order valence-corrected chi connectivity index (χ3v) is 3.61. The van der Waals surface area contributed by atoms with Crippen LogP contribution in [-0.4, -0.2) is 35.9 Å². The number of hydrogen-bond acceptors (Lipinski definition) is 6. The van der Waals surface area contributed by atoms with Gasteiger partial charge in [-0.25, -0.2) is 4.98 Å². The van der Waals surface area contributed by atoms with Crippen molar-refractivity contribution in [3.63, 3.8) is 0 Å². The van der Waals surface area contributed by atoms with E-state index in [1.165, 1.54) is 18.9 Å². The van der Waals surface area contributed by atoms with Gasteiger partial charge in [-0.05, 0) is 15.9 Å². The zero-order valence-electron chi connectivity index (χ0n) is 9.77. The monoisotopic (exact) mass is 320 g/mol. The first kappa shape index (κ1) is 14.2. The predicted octanol–water partition coefficient (Wildman–Crippen LogP) is 2.15. The lowest BCUT2D eigenvalue weighted by atomic mass is 10.2. The topological polar surface area (TPSA) is 61.3 Å². The van der Waals surface area contributed by atoms with Crippen LogP contribution >= 0.6 is 27.7 Å². The summed E-state index contributed by atoms with van der Waals surface area (Å²) in [5.74, 6) is 0.621. The van der Waals surface area contributed by atoms with E-state index in [1.54, 1.807) is 20.2 Å². The molecule has 0 radical (unpaired) electrons. The maximum Gasteiger partial charge on any atom is 0.309 e. The Bertz CT molecular complexity index is 403. The molecular formula is C10H13BrN2O3S. The fourth-order valence-corrected chi connectivity index (χ4v) is 2.18. The third-order valence-electron chi connectivity index (χ3n) is 1.95. The van der Waals surface area contributed by atoms with E-state index in [2.05, 4.69) is 30.6 Å². The number of aromatic nitrogens is 2. The molecule has 1 aromatic rings. The summed E-state index contributed by atoms with van der Waals surface area (Å²) >= 11 is 4.66. The van der Waals surface area contributed by atoms with Gasteiger partial charge < -0.3 is 9.47 Å². The number of rotatable bonds is 5. The van der Waals surface area contributed by atoms with Crippen LogP contribution in [0.5, 0.6) is 5.88 Å². The van der Waals surface area contributed by atoms with Crippen LogP contribution in [-0.2, 0) is 9.53 Å². The van der Waals surface area contributed by atoms with Crippen molar-refractivity contribution in [2.75, 3.05) is 20.0 Å². The molecule has 7 heteroatoms. The second-order valence-electron chi connectivity index (χ2n) is 3.25. The summed E-state index contributed by atoms with van der Waals surface area (Å²) in [5.41, 5.74) is 0. The van der Waals surface area contributed by atoms with Crippen LogP contribution < -0.4 is 4.74 Å². The molecule has 94 valence electrons. The molecule has 0 aliphatic heterocycles. The lowest BCUT2D eigenvalue weighted by molar-refractivity contribution is -0.143. The van der Waals surface area contributed by atoms with Crippen LogP contribution in [0, 0.1) is 5.92 Å². The van der Waals surface area contributed by atoms with Gasteiger partial charge in [0.2, 0.25) is 5.88 Å². The standard InChI is InChI=1S/C10H13BrN2O3S/c1-6(9(14)16-3)5-17-10-12-4-7(11)8(13-10)15-2/h4,6H,5H2,1-3H3. The Morgan fingerprint density at radius 2 is 2.29 bits per heavy atom. The van der Waals surface area contributed by atoms with Crippen molar-refractivity contribution < 1.29 is 14.3 Å². The quantitative estimate of drug-likeness (QED) is 0.470. The molecule has 1 unspecified atom stereocenters. The summed E-state index contributed by atoms with van der Waals surface area (Å²) in [6.45, 7) is 1.80. The molecule has 0 saturated heterocycles. The Morgan fingerprint density at radius 3 is 2.88 bits per heavy atom. The molecule has 0 saturated carbocycles. The summed E-state index contributed by atoms with van der Waals surface area (Å²) in [6.07, 6.45) is 1.62. The normalized spacial score (nSPS) is 12.0. The molecule has 5 nitrogen and oxygen atoms in total. The Hall–Kier alpha value is -0.820. The minimum absolute atomic E-state index is 0.191. The molecule has 0 aromatic carbocycles. The van der Waals surface area contributed by atoms with Crippen molar-refractivity contribution in [2.45, 2.75) is 12.1 Å². The molecule has 1 rings (SSSR count). The molecule has 0 fully saturated rings. The highest BCUT2D eigenvalue weighted by molar-refractivity contribution is 9.10. The molecule has 0 N–H and O–H groups in total. The first-order valence-corrected chi connectivity index (χ1v) is 6.63. The van der Waals surface area contributed by atoms with Crippen LogP contribution in [0.25, 0.3) is 0 Å². The van der Waals surface area contributed by atoms with Crippen molar-refractivity contribution in [1.29, 1.82) is 0 Å². The number of carbonyl (C=O) groups is 1. The fourth-order valence-electron chi connectivity index (χ4n) is 1.02. The molecule has 1 heterocycles. The van der Waals surface area contributed by atoms with Crippen LogP contribution in [0.15, 0.2) is 15.8 Å². The fraction of sp³-hybridized carbons (Fsp3) is 0.500. The second-order valence-corrected chi connectivity index (χ2v) is 5.09. The minimum atomic E-state index is -0.235. The second kappa shape index (κ2) is 6.80. The van der Waals surface area contributed by atoms with Gasteiger partial charge in [0.05, 0.1) is 24.6 Å². The van der Waals surface area contributed by atoms with E-state index in [0.717, 1.165) is 0 Å². The van der Waals surface area contributed by atoms with Gasteiger partial charge in [-0.1, -0.05) is 18.7 Å². The van der Waals surface area contributed by atoms with Gasteiger partial charge in [0, 0.05) is 11.9 Å². The zero-order chi connectivity index (χ0) is 12.8. The first-order chi connectivity index (χ1) is 8.08. The molecular weight excluding hydrogens is 308 g/mol. The number of halogens is 1. The van der Waals surface area contributed by atoms with Crippen LogP contribution in [0.2, 0.25) is 0 Å². The molecule has 0 aliphatic carbocycles. The number of carbonyl (C=O) groups excluding carboxylic acids is 1. The smallest absolute Gasteiger partial charge is 0.309 e. The summed E-state index contributed by atoms with van der Waals surface area (Å²) in [5, 5.41) is 0.570. The van der Waals surface area contributed by atoms with Crippen molar-refractivity contribution in [2.24, 2.45) is 5.92 Å². The average molecular weight is 321 g/mol. The van der Waals surface area contributed by atoms with Gasteiger partial charge >= 0.3 is 5.97 Å². The Kier molecular flexibility index (Phi) is 5.70. The molecule has 0 aliphatic rings. The van der Waals surface area contributed by atoms with Gasteiger partial charge in [-0.3, -0.25) is 4.79 Å². The third kappa shape index (κ3) is 4.16. The maximum atomic E-state index is 11.2. The molecule has 0 bridgehead atoms. The maximum absolute atomic E-state index is 11.2. The van der Waals surface area contributed by atoms with Gasteiger partial charge in [0.15, 0.2) is 5.16 Å². The lowest BCUT2D eigenvalue weighted by Crippen LogP contribution is -2.15. The van der Waals surface area contributed by atoms with Gasteiger partial charge in [-0.15, -0.1) is 0 Å². The number of methoxy groups -OCH3 is 2. The predicted molar refractivity (Wildman–Crippen MR) is 68.2 cm³/mol. The van der Waals surface area contributed by atoms with Crippen LogP contribution in [0.4, 0.5) is 0 Å². The van der Waals surface area contributed by atoms with Gasteiger partial charge in [0.1, 0.15) is 0 Å². The van der Waals surface area contributed by atoms with E-state index < -0.39 is 0 Å². The summed E-state index contributed by atoms with van der Waals surface area (Å²) in [4.78, 5) is 19.5. The van der Waals surface area contributed by atoms with E-state index in [9.17, 15) is 4.79 Å². The van der Waals surface area contributed by atoms with Gasteiger partial charge in [0.25, 0.3) is 0 Å². The molecule has 0 spiro atoms. The average Bonchev–Trinajstić information content (AvgIpc) is 2.36. The Morgan fingerprint density at radius 1 is 1.59 bits per heavy atom. The highest BCUT2D eigenvalue weighted by Crippen LogP contribution is 2.25. The van der Waals surface area contributed by atoms with E-state index in [4.69, 9.17) is 4.74 Å². The molecule has 1 atom stereocenters. The number of nitrogens with zero attached hydrogens (tertiary/aromatic N) is 2. The summed E-state index contributed by atoms with van der Waals surface area (Å²) in [7, 11) is 2.92. The van der Waals surface area contributed by atoms with Crippen molar-refractivity contribution in [3.05, 3.63) is 10.7 Å². The number of hydrogen-bond donors (Lipinski definition) is 0. The van der Waals surface area contributed by atoms with E-state index in [0.29, 0.717) is 21.3 Å². The van der Waals surface area contributed by atoms with E-state index in [-0.39, 0.29) is 11.9 Å². The van der Waals surface area contributed by atoms with Crippen molar-refractivity contribution in [3.8, 4) is 5.88 Å². The summed E-state index contributed by atoms with van der Waals surface area (Å²) in [6, 6.07) is 0. The first-order valence-electron chi connectivity index (χ1n) is 4.85. The Labute approximate surface area is 112 Å². The summed E-state index contributed by atoms with van der Waals surface area (Å²) < 4.78 is 10.4.